The molecule has 0 N–H and O–H groups in total. The van der Waals surface area contributed by atoms with Gasteiger partial charge in [0.05, 0.1) is 18.2 Å². The number of fused-ring (bicyclic) bond motifs is 2. The molecule has 0 bridgehead atoms. The maximum atomic E-state index is 13.4. The summed E-state index contributed by atoms with van der Waals surface area (Å²) in [4.78, 5) is 21.0. The predicted octanol–water partition coefficient (Wildman–Crippen LogP) is 5.09. The number of nitrogens with zero attached hydrogens (tertiary/aromatic N) is 3. The highest BCUT2D eigenvalue weighted by Gasteiger charge is 2.34. The number of benzene rings is 2. The van der Waals surface area contributed by atoms with Crippen molar-refractivity contribution in [2.24, 2.45) is 10.9 Å². The van der Waals surface area contributed by atoms with Crippen LogP contribution in [-0.2, 0) is 11.0 Å². The summed E-state index contributed by atoms with van der Waals surface area (Å²) in [6.07, 6.45) is -4.50. The minimum Gasteiger partial charge on any atom is -0.497 e. The largest absolute Gasteiger partial charge is 0.497 e. The fourth-order valence-corrected chi connectivity index (χ4v) is 4.11. The second-order valence-electron chi connectivity index (χ2n) is 8.56. The van der Waals surface area contributed by atoms with Gasteiger partial charge >= 0.3 is 6.18 Å². The number of hydrogen-bond acceptors (Lipinski definition) is 5. The van der Waals surface area contributed by atoms with Gasteiger partial charge in [-0.05, 0) is 43.3 Å². The molecular weight excluding hydrogens is 435 g/mol. The van der Waals surface area contributed by atoms with Crippen LogP contribution in [0.25, 0.3) is 0 Å². The first kappa shape index (κ1) is 22.9. The Morgan fingerprint density at radius 1 is 1.15 bits per heavy atom. The number of carbonyl (C=O) groups is 1. The minimum absolute atomic E-state index is 0.0792. The number of hydrogen-bond donors (Lipinski definition) is 0. The Kier molecular flexibility index (Phi) is 5.99. The van der Waals surface area contributed by atoms with Crippen LogP contribution in [0, 0.1) is 5.92 Å². The number of amides is 1. The van der Waals surface area contributed by atoms with Crippen molar-refractivity contribution in [3.63, 3.8) is 0 Å². The molecule has 33 heavy (non-hydrogen) atoms. The van der Waals surface area contributed by atoms with Gasteiger partial charge in [-0.3, -0.25) is 4.79 Å². The summed E-state index contributed by atoms with van der Waals surface area (Å²) in [5, 5.41) is 0. The van der Waals surface area contributed by atoms with Crippen LogP contribution in [0.1, 0.15) is 31.9 Å². The van der Waals surface area contributed by atoms with Crippen molar-refractivity contribution in [2.45, 2.75) is 33.0 Å². The zero-order valence-electron chi connectivity index (χ0n) is 18.9. The highest BCUT2D eigenvalue weighted by atomic mass is 19.4. The molecule has 1 unspecified atom stereocenters. The number of methoxy groups -OCH3 is 1. The molecule has 0 aliphatic carbocycles. The molecule has 2 aliphatic heterocycles. The summed E-state index contributed by atoms with van der Waals surface area (Å²) in [5.41, 5.74) is -0.0736. The van der Waals surface area contributed by atoms with Gasteiger partial charge in [0, 0.05) is 31.6 Å². The summed E-state index contributed by atoms with van der Waals surface area (Å²) in [6.45, 7) is 7.17. The fourth-order valence-electron chi connectivity index (χ4n) is 4.11. The molecule has 6 nitrogen and oxygen atoms in total. The molecular formula is C24H26F3N3O3. The maximum absolute atomic E-state index is 13.4. The minimum atomic E-state index is -4.50. The molecule has 1 saturated heterocycles. The van der Waals surface area contributed by atoms with Crippen LogP contribution < -0.4 is 9.47 Å². The molecule has 0 radical (unpaired) electrons. The smallest absolute Gasteiger partial charge is 0.416 e. The third-order valence-electron chi connectivity index (χ3n) is 5.86. The molecule has 4 rings (SSSR count). The summed E-state index contributed by atoms with van der Waals surface area (Å²) in [7, 11) is 1.54. The van der Waals surface area contributed by atoms with Crippen molar-refractivity contribution in [3.05, 3.63) is 47.5 Å². The first-order valence-electron chi connectivity index (χ1n) is 10.8. The van der Waals surface area contributed by atoms with Gasteiger partial charge in [-0.1, -0.05) is 13.8 Å². The third kappa shape index (κ3) is 4.49. The molecule has 1 amide bonds. The van der Waals surface area contributed by atoms with Gasteiger partial charge in [0.1, 0.15) is 23.0 Å². The van der Waals surface area contributed by atoms with Crippen LogP contribution in [0.2, 0.25) is 0 Å². The summed E-state index contributed by atoms with van der Waals surface area (Å²) in [5.74, 6) is 1.75. The second kappa shape index (κ2) is 8.61. The summed E-state index contributed by atoms with van der Waals surface area (Å²) >= 11 is 0. The lowest BCUT2D eigenvalue weighted by molar-refractivity contribution is -0.138. The lowest BCUT2D eigenvalue weighted by atomic mass is 10.1. The van der Waals surface area contributed by atoms with Crippen molar-refractivity contribution in [1.29, 1.82) is 0 Å². The van der Waals surface area contributed by atoms with Crippen molar-refractivity contribution < 1.29 is 27.4 Å². The van der Waals surface area contributed by atoms with Gasteiger partial charge in [-0.2, -0.15) is 13.2 Å². The molecule has 0 spiro atoms. The Hall–Kier alpha value is -3.23. The zero-order chi connectivity index (χ0) is 23.9. The molecule has 2 aliphatic rings. The molecule has 9 heteroatoms. The quantitative estimate of drug-likeness (QED) is 0.626. The number of ether oxygens (including phenoxy) is 2. The maximum Gasteiger partial charge on any atom is 0.416 e. The number of piperazine rings is 1. The zero-order valence-corrected chi connectivity index (χ0v) is 18.9. The van der Waals surface area contributed by atoms with Gasteiger partial charge in [-0.25, -0.2) is 4.99 Å². The summed E-state index contributed by atoms with van der Waals surface area (Å²) in [6, 6.07) is 8.41. The van der Waals surface area contributed by atoms with E-state index < -0.39 is 11.7 Å². The third-order valence-corrected chi connectivity index (χ3v) is 5.86. The van der Waals surface area contributed by atoms with Gasteiger partial charge in [0.15, 0.2) is 5.75 Å². The van der Waals surface area contributed by atoms with E-state index in [1.54, 1.807) is 25.3 Å². The molecule has 2 aromatic rings. The molecule has 1 atom stereocenters. The number of aliphatic imine (C=N–C) groups is 1. The van der Waals surface area contributed by atoms with E-state index in [0.717, 1.165) is 12.1 Å². The monoisotopic (exact) mass is 461 g/mol. The Balaban J connectivity index is 1.78. The van der Waals surface area contributed by atoms with E-state index in [9.17, 15) is 18.0 Å². The van der Waals surface area contributed by atoms with E-state index in [-0.39, 0.29) is 29.3 Å². The van der Waals surface area contributed by atoms with E-state index >= 15 is 0 Å². The Labute approximate surface area is 190 Å². The van der Waals surface area contributed by atoms with Gasteiger partial charge < -0.3 is 19.3 Å². The van der Waals surface area contributed by atoms with E-state index in [2.05, 4.69) is 4.99 Å². The second-order valence-corrected chi connectivity index (χ2v) is 8.56. The van der Waals surface area contributed by atoms with Crippen LogP contribution in [-0.4, -0.2) is 54.3 Å². The number of halogens is 3. The highest BCUT2D eigenvalue weighted by molar-refractivity contribution is 6.04. The number of carbonyl (C=O) groups excluding carboxylic acids is 1. The van der Waals surface area contributed by atoms with Crippen molar-refractivity contribution in [1.82, 2.24) is 9.80 Å². The number of amidine groups is 1. The van der Waals surface area contributed by atoms with E-state index in [1.807, 2.05) is 30.6 Å². The van der Waals surface area contributed by atoms with Crippen LogP contribution in [0.5, 0.6) is 17.2 Å². The molecule has 1 fully saturated rings. The number of alkyl halides is 3. The van der Waals surface area contributed by atoms with Crippen molar-refractivity contribution >= 4 is 17.4 Å². The van der Waals surface area contributed by atoms with Crippen molar-refractivity contribution in [3.8, 4) is 17.2 Å². The average Bonchev–Trinajstić information content (AvgIpc) is 2.93. The van der Waals surface area contributed by atoms with E-state index in [4.69, 9.17) is 9.47 Å². The van der Waals surface area contributed by atoms with Crippen LogP contribution in [0.3, 0.4) is 0 Å². The first-order chi connectivity index (χ1) is 15.6. The lowest BCUT2D eigenvalue weighted by Gasteiger charge is -2.42. The lowest BCUT2D eigenvalue weighted by Crippen LogP contribution is -2.56. The van der Waals surface area contributed by atoms with Crippen LogP contribution in [0.4, 0.5) is 18.9 Å². The summed E-state index contributed by atoms with van der Waals surface area (Å²) < 4.78 is 51.4. The topological polar surface area (TPSA) is 54.4 Å². The predicted molar refractivity (Wildman–Crippen MR) is 118 cm³/mol. The first-order valence-corrected chi connectivity index (χ1v) is 10.8. The Bertz CT molecular complexity index is 1100. The van der Waals surface area contributed by atoms with E-state index in [0.29, 0.717) is 42.5 Å². The average molecular weight is 461 g/mol. The van der Waals surface area contributed by atoms with Crippen molar-refractivity contribution in [2.75, 3.05) is 26.7 Å². The SMILES string of the molecule is COc1ccc2c(c1)C(N1CCN(C(=O)C(C)C)C(C)C1)=Nc1cc(C(F)(F)F)ccc1O2. The molecule has 2 aromatic carbocycles. The molecule has 0 saturated carbocycles. The van der Waals surface area contributed by atoms with E-state index in [1.165, 1.54) is 6.07 Å². The Morgan fingerprint density at radius 2 is 1.88 bits per heavy atom. The van der Waals surface area contributed by atoms with Crippen LogP contribution >= 0.6 is 0 Å². The fraction of sp³-hybridized carbons (Fsp3) is 0.417. The standard InChI is InChI=1S/C24H26F3N3O3/c1-14(2)23(31)30-10-9-29(13-15(30)3)22-18-12-17(32-4)6-8-20(18)33-21-7-5-16(24(25,26)27)11-19(21)28-22/h5-8,11-12,14-15H,9-10,13H2,1-4H3. The molecule has 2 heterocycles. The van der Waals surface area contributed by atoms with Gasteiger partial charge in [0.25, 0.3) is 0 Å². The number of rotatable bonds is 2. The molecule has 0 aromatic heterocycles. The van der Waals surface area contributed by atoms with Crippen LogP contribution in [0.15, 0.2) is 41.4 Å². The molecule has 176 valence electrons. The normalized spacial score (nSPS) is 18.2. The highest BCUT2D eigenvalue weighted by Crippen LogP contribution is 2.42. The Morgan fingerprint density at radius 3 is 2.52 bits per heavy atom. The van der Waals surface area contributed by atoms with Gasteiger partial charge in [0.2, 0.25) is 5.91 Å². The van der Waals surface area contributed by atoms with Gasteiger partial charge in [-0.15, -0.1) is 0 Å².